The Morgan fingerprint density at radius 1 is 1.12 bits per heavy atom. The van der Waals surface area contributed by atoms with Crippen molar-refractivity contribution in [1.82, 2.24) is 10.2 Å². The second-order valence-corrected chi connectivity index (χ2v) is 8.43. The van der Waals surface area contributed by atoms with E-state index in [9.17, 15) is 14.4 Å². The molecule has 0 saturated carbocycles. The fourth-order valence-corrected chi connectivity index (χ4v) is 4.12. The number of carbonyl (C=O) groups excluding carboxylic acids is 3. The van der Waals surface area contributed by atoms with E-state index in [0.717, 1.165) is 6.42 Å². The second-order valence-electron chi connectivity index (χ2n) is 7.58. The predicted molar refractivity (Wildman–Crippen MR) is 133 cm³/mol. The number of anilines is 2. The minimum absolute atomic E-state index is 0.207. The van der Waals surface area contributed by atoms with Crippen LogP contribution in [0.5, 0.6) is 0 Å². The summed E-state index contributed by atoms with van der Waals surface area (Å²) in [6.07, 6.45) is 0.734. The molecule has 0 unspecified atom stereocenters. The summed E-state index contributed by atoms with van der Waals surface area (Å²) < 4.78 is 5.27. The molecule has 3 rings (SSSR count). The van der Waals surface area contributed by atoms with E-state index in [1.807, 2.05) is 6.92 Å². The zero-order valence-corrected chi connectivity index (χ0v) is 20.6. The molecule has 3 N–H and O–H groups in total. The third-order valence-corrected chi connectivity index (χ3v) is 5.74. The van der Waals surface area contributed by atoms with Gasteiger partial charge in [0.15, 0.2) is 0 Å². The minimum atomic E-state index is -0.727. The molecule has 4 amide bonds. The molecule has 0 bridgehead atoms. The molecule has 0 fully saturated rings. The van der Waals surface area contributed by atoms with Crippen LogP contribution in [0.25, 0.3) is 0 Å². The molecule has 1 aliphatic rings. The first-order valence-electron chi connectivity index (χ1n) is 10.8. The number of hydrogen-bond acceptors (Lipinski definition) is 4. The number of hydrogen-bond donors (Lipinski definition) is 3. The van der Waals surface area contributed by atoms with Gasteiger partial charge in [-0.1, -0.05) is 42.3 Å². The maximum absolute atomic E-state index is 12.8. The average molecular weight is 505 g/mol. The van der Waals surface area contributed by atoms with E-state index in [-0.39, 0.29) is 12.6 Å². The van der Waals surface area contributed by atoms with E-state index in [1.54, 1.807) is 50.2 Å². The molecular formula is C24H26Cl2N4O4. The van der Waals surface area contributed by atoms with Crippen LogP contribution in [0.15, 0.2) is 53.7 Å². The highest BCUT2D eigenvalue weighted by Gasteiger charge is 2.36. The van der Waals surface area contributed by atoms with Gasteiger partial charge in [0.2, 0.25) is 0 Å². The number of urea groups is 2. The largest absolute Gasteiger partial charge is 0.463 e. The second kappa shape index (κ2) is 11.3. The Balaban J connectivity index is 1.87. The molecule has 34 heavy (non-hydrogen) atoms. The molecule has 1 atom stereocenters. The Morgan fingerprint density at radius 2 is 1.88 bits per heavy atom. The van der Waals surface area contributed by atoms with Gasteiger partial charge in [-0.25, -0.2) is 14.4 Å². The number of esters is 1. The molecule has 10 heteroatoms. The maximum atomic E-state index is 12.8. The minimum Gasteiger partial charge on any atom is -0.463 e. The third kappa shape index (κ3) is 5.81. The molecule has 1 heterocycles. The third-order valence-electron chi connectivity index (χ3n) is 5.20. The van der Waals surface area contributed by atoms with Gasteiger partial charge in [0, 0.05) is 23.0 Å². The van der Waals surface area contributed by atoms with Crippen molar-refractivity contribution < 1.29 is 19.1 Å². The number of carbonyl (C=O) groups is 3. The van der Waals surface area contributed by atoms with E-state index in [1.165, 1.54) is 11.0 Å². The highest BCUT2D eigenvalue weighted by Crippen LogP contribution is 2.32. The highest BCUT2D eigenvalue weighted by molar-refractivity contribution is 6.36. The van der Waals surface area contributed by atoms with Crippen molar-refractivity contribution in [2.75, 3.05) is 23.8 Å². The molecule has 2 aromatic rings. The molecule has 0 radical (unpaired) electrons. The van der Waals surface area contributed by atoms with Gasteiger partial charge in [0.05, 0.1) is 28.9 Å². The predicted octanol–water partition coefficient (Wildman–Crippen LogP) is 5.95. The van der Waals surface area contributed by atoms with Crippen LogP contribution in [0.1, 0.15) is 38.8 Å². The number of rotatable bonds is 7. The number of halogens is 2. The Labute approximate surface area is 208 Å². The van der Waals surface area contributed by atoms with Crippen LogP contribution < -0.4 is 16.0 Å². The summed E-state index contributed by atoms with van der Waals surface area (Å²) >= 11 is 12.0. The standard InChI is InChI=1S/C24H26Cl2N4O4/c1-4-11-30-14(3)20(22(31)34-5-2)21(29-24(30)33)15-7-6-8-17(12-15)27-23(32)28-19-10-9-16(25)13-18(19)26/h6-10,12-13,21H,4-5,11H2,1-3H3,(H,29,33)(H2,27,28,32)/t21-/m0/s1. The van der Waals surface area contributed by atoms with Crippen molar-refractivity contribution in [1.29, 1.82) is 0 Å². The molecule has 0 spiro atoms. The molecule has 2 aromatic carbocycles. The quantitative estimate of drug-likeness (QED) is 0.405. The zero-order chi connectivity index (χ0) is 24.8. The van der Waals surface area contributed by atoms with Crippen LogP contribution >= 0.6 is 23.2 Å². The maximum Gasteiger partial charge on any atom is 0.338 e. The lowest BCUT2D eigenvalue weighted by molar-refractivity contribution is -0.139. The first-order valence-corrected chi connectivity index (χ1v) is 11.6. The summed E-state index contributed by atoms with van der Waals surface area (Å²) in [7, 11) is 0. The summed E-state index contributed by atoms with van der Waals surface area (Å²) in [6.45, 7) is 6.10. The molecule has 0 aliphatic carbocycles. The lowest BCUT2D eigenvalue weighted by atomic mass is 9.94. The Morgan fingerprint density at radius 3 is 2.56 bits per heavy atom. The summed E-state index contributed by atoms with van der Waals surface area (Å²) in [4.78, 5) is 39.6. The first-order chi connectivity index (χ1) is 16.2. The lowest BCUT2D eigenvalue weighted by Crippen LogP contribution is -2.48. The van der Waals surface area contributed by atoms with Crippen LogP contribution in [0.4, 0.5) is 21.0 Å². The fraction of sp³-hybridized carbons (Fsp3) is 0.292. The van der Waals surface area contributed by atoms with Crippen LogP contribution in [0.3, 0.4) is 0 Å². The van der Waals surface area contributed by atoms with E-state index >= 15 is 0 Å². The number of ether oxygens (including phenoxy) is 1. The Bertz CT molecular complexity index is 1140. The lowest BCUT2D eigenvalue weighted by Gasteiger charge is -2.35. The first kappa shape index (κ1) is 25.4. The van der Waals surface area contributed by atoms with Gasteiger partial charge in [-0.3, -0.25) is 4.90 Å². The molecule has 0 aromatic heterocycles. The molecular weight excluding hydrogens is 479 g/mol. The van der Waals surface area contributed by atoms with E-state index in [2.05, 4.69) is 16.0 Å². The number of nitrogens with zero attached hydrogens (tertiary/aromatic N) is 1. The normalized spacial score (nSPS) is 15.6. The highest BCUT2D eigenvalue weighted by atomic mass is 35.5. The monoisotopic (exact) mass is 504 g/mol. The molecule has 0 saturated heterocycles. The van der Waals surface area contributed by atoms with Gasteiger partial charge in [-0.2, -0.15) is 0 Å². The van der Waals surface area contributed by atoms with Crippen LogP contribution in [0.2, 0.25) is 10.0 Å². The summed E-state index contributed by atoms with van der Waals surface area (Å²) in [5.74, 6) is -0.500. The van der Waals surface area contributed by atoms with Crippen molar-refractivity contribution in [2.45, 2.75) is 33.2 Å². The van der Waals surface area contributed by atoms with Crippen LogP contribution in [-0.4, -0.2) is 36.1 Å². The number of amides is 4. The summed E-state index contributed by atoms with van der Waals surface area (Å²) in [5, 5.41) is 9.05. The van der Waals surface area contributed by atoms with Crippen molar-refractivity contribution in [2.24, 2.45) is 0 Å². The zero-order valence-electron chi connectivity index (χ0n) is 19.1. The van der Waals surface area contributed by atoms with E-state index < -0.39 is 18.0 Å². The van der Waals surface area contributed by atoms with Gasteiger partial charge in [0.25, 0.3) is 0 Å². The van der Waals surface area contributed by atoms with Crippen molar-refractivity contribution in [3.63, 3.8) is 0 Å². The van der Waals surface area contributed by atoms with E-state index in [4.69, 9.17) is 27.9 Å². The van der Waals surface area contributed by atoms with Crippen molar-refractivity contribution in [3.8, 4) is 0 Å². The van der Waals surface area contributed by atoms with Gasteiger partial charge >= 0.3 is 18.0 Å². The van der Waals surface area contributed by atoms with Gasteiger partial charge in [0.1, 0.15) is 0 Å². The van der Waals surface area contributed by atoms with E-state index in [0.29, 0.717) is 44.8 Å². The smallest absolute Gasteiger partial charge is 0.338 e. The van der Waals surface area contributed by atoms with Gasteiger partial charge < -0.3 is 20.7 Å². The summed E-state index contributed by atoms with van der Waals surface area (Å²) in [5.41, 5.74) is 2.38. The SMILES string of the molecule is CCCN1C(=O)N[C@@H](c2cccc(NC(=O)Nc3ccc(Cl)cc3Cl)c2)C(C(=O)OCC)=C1C. The summed E-state index contributed by atoms with van der Waals surface area (Å²) in [6, 6.07) is 10.1. The molecule has 8 nitrogen and oxygen atoms in total. The topological polar surface area (TPSA) is 99.8 Å². The van der Waals surface area contributed by atoms with Gasteiger partial charge in [-0.15, -0.1) is 0 Å². The van der Waals surface area contributed by atoms with Crippen LogP contribution in [-0.2, 0) is 9.53 Å². The Kier molecular flexibility index (Phi) is 8.41. The van der Waals surface area contributed by atoms with Crippen molar-refractivity contribution >= 4 is 52.6 Å². The van der Waals surface area contributed by atoms with Crippen molar-refractivity contribution in [3.05, 3.63) is 69.3 Å². The average Bonchev–Trinajstić information content (AvgIpc) is 2.78. The van der Waals surface area contributed by atoms with Gasteiger partial charge in [-0.05, 0) is 56.2 Å². The molecule has 180 valence electrons. The number of allylic oxidation sites excluding steroid dienone is 1. The Hall–Kier alpha value is -3.23. The number of nitrogens with one attached hydrogen (secondary N) is 3. The number of benzene rings is 2. The van der Waals surface area contributed by atoms with Crippen LogP contribution in [0, 0.1) is 0 Å². The fourth-order valence-electron chi connectivity index (χ4n) is 3.67. The molecule has 1 aliphatic heterocycles.